The van der Waals surface area contributed by atoms with E-state index in [9.17, 15) is 14.4 Å². The standard InChI is InChI=1S/C15H12O3S6/c16-10-7(13-19-1-2-20-13)11(17)9(15-23-5-6-24-15)12(18)8(10)14-21-3-4-22-14/h1-6H2. The summed E-state index contributed by atoms with van der Waals surface area (Å²) in [5.74, 6) is 4.38. The molecule has 0 radical (unpaired) electrons. The minimum atomic E-state index is -0.351. The highest BCUT2D eigenvalue weighted by atomic mass is 32.2. The Bertz CT molecular complexity index is 600. The monoisotopic (exact) mass is 432 g/mol. The average molecular weight is 433 g/mol. The summed E-state index contributed by atoms with van der Waals surface area (Å²) in [6, 6.07) is 0. The van der Waals surface area contributed by atoms with Crippen LogP contribution in [0.3, 0.4) is 0 Å². The van der Waals surface area contributed by atoms with Gasteiger partial charge in [-0.3, -0.25) is 14.4 Å². The molecule has 0 atom stereocenters. The van der Waals surface area contributed by atoms with Crippen molar-refractivity contribution >= 4 is 87.9 Å². The van der Waals surface area contributed by atoms with Gasteiger partial charge in [0.25, 0.3) is 0 Å². The van der Waals surface area contributed by atoms with E-state index < -0.39 is 0 Å². The molecule has 1 aliphatic carbocycles. The number of hydrogen-bond acceptors (Lipinski definition) is 9. The van der Waals surface area contributed by atoms with E-state index >= 15 is 0 Å². The molecule has 9 heteroatoms. The van der Waals surface area contributed by atoms with Crippen LogP contribution >= 0.6 is 70.6 Å². The first-order chi connectivity index (χ1) is 11.7. The molecule has 1 saturated carbocycles. The van der Waals surface area contributed by atoms with Gasteiger partial charge in [-0.2, -0.15) is 0 Å². The molecular weight excluding hydrogens is 421 g/mol. The number of rotatable bonds is 0. The van der Waals surface area contributed by atoms with E-state index in [-0.39, 0.29) is 34.1 Å². The summed E-state index contributed by atoms with van der Waals surface area (Å²) in [5.41, 5.74) is 0.731. The predicted octanol–water partition coefficient (Wildman–Crippen LogP) is 3.78. The molecule has 0 aromatic carbocycles. The third kappa shape index (κ3) is 3.09. The topological polar surface area (TPSA) is 51.2 Å². The fraction of sp³-hybridized carbons (Fsp3) is 0.400. The minimum absolute atomic E-state index is 0.244. The van der Waals surface area contributed by atoms with Crippen LogP contribution in [-0.2, 0) is 14.4 Å². The number of allylic oxidation sites excluding steroid dienone is 3. The summed E-state index contributed by atoms with van der Waals surface area (Å²) in [6.45, 7) is 0. The number of carbonyl (C=O) groups is 3. The van der Waals surface area contributed by atoms with Crippen molar-refractivity contribution in [2.45, 2.75) is 0 Å². The first-order valence-corrected chi connectivity index (χ1v) is 13.2. The maximum absolute atomic E-state index is 13.0. The highest BCUT2D eigenvalue weighted by Crippen LogP contribution is 2.48. The van der Waals surface area contributed by atoms with Gasteiger partial charge in [0.1, 0.15) is 0 Å². The highest BCUT2D eigenvalue weighted by molar-refractivity contribution is 8.26. The highest BCUT2D eigenvalue weighted by Gasteiger charge is 2.45. The Labute approximate surface area is 165 Å². The molecule has 4 aliphatic rings. The van der Waals surface area contributed by atoms with Gasteiger partial charge >= 0.3 is 0 Å². The zero-order valence-electron chi connectivity index (χ0n) is 12.4. The van der Waals surface area contributed by atoms with Gasteiger partial charge in [-0.25, -0.2) is 0 Å². The molecule has 0 aromatic heterocycles. The van der Waals surface area contributed by atoms with Gasteiger partial charge in [0.2, 0.25) is 17.3 Å². The van der Waals surface area contributed by atoms with E-state index in [4.69, 9.17) is 0 Å². The third-order valence-corrected chi connectivity index (χ3v) is 11.8. The molecule has 0 spiro atoms. The average Bonchev–Trinajstić information content (AvgIpc) is 3.31. The van der Waals surface area contributed by atoms with E-state index in [1.165, 1.54) is 0 Å². The lowest BCUT2D eigenvalue weighted by Crippen LogP contribution is -2.33. The molecule has 3 aliphatic heterocycles. The maximum Gasteiger partial charge on any atom is 0.204 e. The van der Waals surface area contributed by atoms with E-state index in [0.717, 1.165) is 47.2 Å². The zero-order valence-corrected chi connectivity index (χ0v) is 17.3. The van der Waals surface area contributed by atoms with E-state index in [2.05, 4.69) is 0 Å². The summed E-state index contributed by atoms with van der Waals surface area (Å²) in [5, 5.41) is 0. The Morgan fingerprint density at radius 2 is 0.625 bits per heavy atom. The second-order valence-corrected chi connectivity index (χ2v) is 12.5. The number of ketones is 3. The molecule has 0 aromatic rings. The lowest BCUT2D eigenvalue weighted by Gasteiger charge is -2.21. The van der Waals surface area contributed by atoms with Crippen LogP contribution in [0.4, 0.5) is 0 Å². The van der Waals surface area contributed by atoms with Crippen molar-refractivity contribution in [3.63, 3.8) is 0 Å². The van der Waals surface area contributed by atoms with Crippen LogP contribution in [0.1, 0.15) is 0 Å². The van der Waals surface area contributed by atoms with Crippen LogP contribution in [0.5, 0.6) is 0 Å². The van der Waals surface area contributed by atoms with Crippen molar-refractivity contribution in [2.24, 2.45) is 0 Å². The molecule has 0 bridgehead atoms. The summed E-state index contributed by atoms with van der Waals surface area (Å²) < 4.78 is 2.40. The van der Waals surface area contributed by atoms with Crippen LogP contribution < -0.4 is 0 Å². The second kappa shape index (κ2) is 7.52. The summed E-state index contributed by atoms with van der Waals surface area (Å²) in [6.07, 6.45) is 0. The number of carbonyl (C=O) groups excluding carboxylic acids is 3. The molecule has 24 heavy (non-hydrogen) atoms. The lowest BCUT2D eigenvalue weighted by atomic mass is 9.85. The van der Waals surface area contributed by atoms with Gasteiger partial charge in [-0.15, -0.1) is 70.6 Å². The molecule has 0 unspecified atom stereocenters. The largest absolute Gasteiger partial charge is 0.288 e. The third-order valence-electron chi connectivity index (χ3n) is 3.62. The van der Waals surface area contributed by atoms with Crippen molar-refractivity contribution in [3.05, 3.63) is 29.4 Å². The van der Waals surface area contributed by atoms with Crippen molar-refractivity contribution in [3.8, 4) is 0 Å². The molecule has 3 heterocycles. The summed E-state index contributed by atoms with van der Waals surface area (Å²) in [7, 11) is 0. The first kappa shape index (κ1) is 17.7. The Kier molecular flexibility index (Phi) is 5.56. The Morgan fingerprint density at radius 3 is 0.833 bits per heavy atom. The van der Waals surface area contributed by atoms with Crippen LogP contribution in [0.15, 0.2) is 29.4 Å². The van der Waals surface area contributed by atoms with Crippen LogP contribution in [0.25, 0.3) is 0 Å². The number of thioether (sulfide) groups is 6. The summed E-state index contributed by atoms with van der Waals surface area (Å²) >= 11 is 9.38. The molecule has 126 valence electrons. The summed E-state index contributed by atoms with van der Waals surface area (Å²) in [4.78, 5) is 39.1. The number of hydrogen-bond donors (Lipinski definition) is 0. The zero-order chi connectivity index (χ0) is 16.7. The molecular formula is C15H12O3S6. The molecule has 3 nitrogen and oxygen atoms in total. The SMILES string of the molecule is O=C1C(=C2SCCS2)C(=O)C(=C2SCCS2)C(=O)C1=C1SCCS1. The van der Waals surface area contributed by atoms with Gasteiger partial charge in [0, 0.05) is 34.5 Å². The molecule has 0 N–H and O–H groups in total. The lowest BCUT2D eigenvalue weighted by molar-refractivity contribution is -0.124. The fourth-order valence-corrected chi connectivity index (χ4v) is 10.2. The Balaban J connectivity index is 1.91. The minimum Gasteiger partial charge on any atom is -0.288 e. The predicted molar refractivity (Wildman–Crippen MR) is 111 cm³/mol. The van der Waals surface area contributed by atoms with Crippen LogP contribution in [-0.4, -0.2) is 51.9 Å². The maximum atomic E-state index is 13.0. The number of Topliss-reactive ketones (excluding diaryl/α,β-unsaturated/α-hetero) is 3. The quantitative estimate of drug-likeness (QED) is 0.420. The normalized spacial score (nSPS) is 25.8. The molecule has 4 fully saturated rings. The van der Waals surface area contributed by atoms with Gasteiger partial charge in [0.15, 0.2) is 0 Å². The van der Waals surface area contributed by atoms with Crippen LogP contribution in [0, 0.1) is 0 Å². The van der Waals surface area contributed by atoms with Crippen LogP contribution in [0.2, 0.25) is 0 Å². The van der Waals surface area contributed by atoms with E-state index in [1.807, 2.05) is 0 Å². The van der Waals surface area contributed by atoms with Crippen molar-refractivity contribution in [1.82, 2.24) is 0 Å². The van der Waals surface area contributed by atoms with Gasteiger partial charge in [0.05, 0.1) is 29.4 Å². The van der Waals surface area contributed by atoms with E-state index in [0.29, 0.717) is 0 Å². The first-order valence-electron chi connectivity index (χ1n) is 7.32. The van der Waals surface area contributed by atoms with Gasteiger partial charge in [-0.05, 0) is 0 Å². The van der Waals surface area contributed by atoms with Crippen molar-refractivity contribution in [1.29, 1.82) is 0 Å². The van der Waals surface area contributed by atoms with E-state index in [1.54, 1.807) is 70.6 Å². The molecule has 4 rings (SSSR count). The molecule has 0 amide bonds. The smallest absolute Gasteiger partial charge is 0.204 e. The fourth-order valence-electron chi connectivity index (χ4n) is 2.60. The van der Waals surface area contributed by atoms with Gasteiger partial charge < -0.3 is 0 Å². The second-order valence-electron chi connectivity index (χ2n) is 5.07. The Hall–Kier alpha value is 0.330. The van der Waals surface area contributed by atoms with Gasteiger partial charge in [-0.1, -0.05) is 0 Å². The molecule has 3 saturated heterocycles. The Morgan fingerprint density at radius 1 is 0.417 bits per heavy atom. The van der Waals surface area contributed by atoms with Crippen molar-refractivity contribution < 1.29 is 14.4 Å². The van der Waals surface area contributed by atoms with Crippen molar-refractivity contribution in [2.75, 3.05) is 34.5 Å².